The maximum Gasteiger partial charge on any atom is 0.407 e. The molecule has 7 heteroatoms. The second-order valence-corrected chi connectivity index (χ2v) is 5.25. The van der Waals surface area contributed by atoms with Gasteiger partial charge in [0, 0.05) is 12.6 Å². The predicted octanol–water partition coefficient (Wildman–Crippen LogP) is 3.27. The molecule has 1 aromatic carbocycles. The fourth-order valence-electron chi connectivity index (χ4n) is 1.43. The molecule has 0 heterocycles. The standard InChI is InChI=1S/C14H17FN2O4/c1-14(2,3)21-13(18)16-8-4-5-10-6-7-12(17(19)20)11(15)9-10/h4-7,9H,8H2,1-3H3,(H,16,18). The minimum Gasteiger partial charge on any atom is -0.444 e. The van der Waals surface area contributed by atoms with Gasteiger partial charge in [-0.2, -0.15) is 4.39 Å². The minimum absolute atomic E-state index is 0.202. The zero-order valence-electron chi connectivity index (χ0n) is 12.1. The van der Waals surface area contributed by atoms with E-state index in [1.165, 1.54) is 6.07 Å². The van der Waals surface area contributed by atoms with Gasteiger partial charge in [0.15, 0.2) is 0 Å². The van der Waals surface area contributed by atoms with Crippen LogP contribution in [0, 0.1) is 15.9 Å². The first-order chi connectivity index (χ1) is 9.69. The number of hydrogen-bond donors (Lipinski definition) is 1. The van der Waals surface area contributed by atoms with Gasteiger partial charge in [-0.3, -0.25) is 10.1 Å². The number of carbonyl (C=O) groups excluding carboxylic acids is 1. The van der Waals surface area contributed by atoms with Crippen molar-refractivity contribution in [2.45, 2.75) is 26.4 Å². The van der Waals surface area contributed by atoms with Crippen molar-refractivity contribution >= 4 is 17.9 Å². The molecular formula is C14H17FN2O4. The lowest BCUT2D eigenvalue weighted by Crippen LogP contribution is -2.32. The van der Waals surface area contributed by atoms with Gasteiger partial charge in [0.2, 0.25) is 5.82 Å². The van der Waals surface area contributed by atoms with Gasteiger partial charge in [-0.15, -0.1) is 0 Å². The van der Waals surface area contributed by atoms with E-state index in [1.807, 2.05) is 0 Å². The highest BCUT2D eigenvalue weighted by molar-refractivity contribution is 5.68. The Morgan fingerprint density at radius 3 is 2.67 bits per heavy atom. The van der Waals surface area contributed by atoms with Gasteiger partial charge in [-0.25, -0.2) is 4.79 Å². The molecule has 0 unspecified atom stereocenters. The van der Waals surface area contributed by atoms with Crippen LogP contribution < -0.4 is 5.32 Å². The third-order valence-electron chi connectivity index (χ3n) is 2.24. The first kappa shape index (κ1) is 16.6. The average molecular weight is 296 g/mol. The Morgan fingerprint density at radius 2 is 2.14 bits per heavy atom. The summed E-state index contributed by atoms with van der Waals surface area (Å²) in [6, 6.07) is 3.57. The number of nitro groups is 1. The molecule has 1 rings (SSSR count). The van der Waals surface area contributed by atoms with Crippen LogP contribution in [0.1, 0.15) is 26.3 Å². The third kappa shape index (κ3) is 6.03. The van der Waals surface area contributed by atoms with E-state index in [1.54, 1.807) is 32.9 Å². The van der Waals surface area contributed by atoms with Crippen LogP contribution in [0.5, 0.6) is 0 Å². The van der Waals surface area contributed by atoms with Crippen LogP contribution in [-0.2, 0) is 4.74 Å². The summed E-state index contributed by atoms with van der Waals surface area (Å²) >= 11 is 0. The largest absolute Gasteiger partial charge is 0.444 e. The Kier molecular flexibility index (Phi) is 5.40. The summed E-state index contributed by atoms with van der Waals surface area (Å²) in [6.45, 7) is 5.46. The number of amides is 1. The molecule has 1 amide bonds. The number of ether oxygens (including phenoxy) is 1. The third-order valence-corrected chi connectivity index (χ3v) is 2.24. The SMILES string of the molecule is CC(C)(C)OC(=O)NCC=Cc1ccc([N+](=O)[O-])c(F)c1. The first-order valence-corrected chi connectivity index (χ1v) is 6.26. The van der Waals surface area contributed by atoms with E-state index in [-0.39, 0.29) is 6.54 Å². The smallest absolute Gasteiger partial charge is 0.407 e. The van der Waals surface area contributed by atoms with Crippen molar-refractivity contribution in [3.8, 4) is 0 Å². The second kappa shape index (κ2) is 6.83. The molecule has 0 fully saturated rings. The van der Waals surface area contributed by atoms with Gasteiger partial charge in [-0.05, 0) is 38.5 Å². The lowest BCUT2D eigenvalue weighted by Gasteiger charge is -2.19. The summed E-state index contributed by atoms with van der Waals surface area (Å²) < 4.78 is 18.4. The molecule has 0 bridgehead atoms. The van der Waals surface area contributed by atoms with Crippen LogP contribution in [0.4, 0.5) is 14.9 Å². The fraction of sp³-hybridized carbons (Fsp3) is 0.357. The van der Waals surface area contributed by atoms with Crippen LogP contribution >= 0.6 is 0 Å². The fourth-order valence-corrected chi connectivity index (χ4v) is 1.43. The van der Waals surface area contributed by atoms with Crippen molar-refractivity contribution in [2.75, 3.05) is 6.54 Å². The van der Waals surface area contributed by atoms with Crippen LogP contribution in [0.25, 0.3) is 6.08 Å². The Hall–Kier alpha value is -2.44. The summed E-state index contributed by atoms with van der Waals surface area (Å²) in [6.07, 6.45) is 2.58. The Balaban J connectivity index is 2.53. The lowest BCUT2D eigenvalue weighted by molar-refractivity contribution is -0.387. The maximum atomic E-state index is 13.4. The topological polar surface area (TPSA) is 81.5 Å². The van der Waals surface area contributed by atoms with Gasteiger partial charge in [0.25, 0.3) is 0 Å². The number of rotatable bonds is 4. The van der Waals surface area contributed by atoms with Crippen LogP contribution in [0.3, 0.4) is 0 Å². The molecule has 1 aromatic rings. The van der Waals surface area contributed by atoms with E-state index in [0.717, 1.165) is 12.1 Å². The van der Waals surface area contributed by atoms with Crippen LogP contribution in [0.2, 0.25) is 0 Å². The average Bonchev–Trinajstić information content (AvgIpc) is 2.32. The van der Waals surface area contributed by atoms with E-state index in [2.05, 4.69) is 5.32 Å². The number of nitro benzene ring substituents is 1. The molecule has 114 valence electrons. The number of hydrogen-bond acceptors (Lipinski definition) is 4. The quantitative estimate of drug-likeness (QED) is 0.683. The highest BCUT2D eigenvalue weighted by atomic mass is 19.1. The molecule has 21 heavy (non-hydrogen) atoms. The molecule has 6 nitrogen and oxygen atoms in total. The van der Waals surface area contributed by atoms with Crippen molar-refractivity contribution in [1.29, 1.82) is 0 Å². The van der Waals surface area contributed by atoms with Gasteiger partial charge >= 0.3 is 11.8 Å². The van der Waals surface area contributed by atoms with Gasteiger partial charge in [0.05, 0.1) is 4.92 Å². The summed E-state index contributed by atoms with van der Waals surface area (Å²) in [4.78, 5) is 21.0. The monoisotopic (exact) mass is 296 g/mol. The summed E-state index contributed by atoms with van der Waals surface area (Å²) in [5.74, 6) is -0.901. The molecule has 1 N–H and O–H groups in total. The molecule has 0 aromatic heterocycles. The highest BCUT2D eigenvalue weighted by Gasteiger charge is 2.15. The molecule has 0 saturated carbocycles. The van der Waals surface area contributed by atoms with Gasteiger partial charge in [0.1, 0.15) is 5.60 Å². The summed E-state index contributed by atoms with van der Waals surface area (Å²) in [7, 11) is 0. The van der Waals surface area contributed by atoms with Crippen molar-refractivity contribution in [3.05, 3.63) is 45.8 Å². The first-order valence-electron chi connectivity index (χ1n) is 6.26. The zero-order valence-corrected chi connectivity index (χ0v) is 12.1. The van der Waals surface area contributed by atoms with E-state index >= 15 is 0 Å². The summed E-state index contributed by atoms with van der Waals surface area (Å²) in [5, 5.41) is 13.0. The van der Waals surface area contributed by atoms with Gasteiger partial charge < -0.3 is 10.1 Å². The number of nitrogens with zero attached hydrogens (tertiary/aromatic N) is 1. The molecule has 0 aliphatic rings. The Bertz CT molecular complexity index is 565. The maximum absolute atomic E-state index is 13.4. The Labute approximate surface area is 121 Å². The van der Waals surface area contributed by atoms with E-state index in [0.29, 0.717) is 5.56 Å². The second-order valence-electron chi connectivity index (χ2n) is 5.25. The van der Waals surface area contributed by atoms with Crippen LogP contribution in [-0.4, -0.2) is 23.2 Å². The van der Waals surface area contributed by atoms with Crippen molar-refractivity contribution in [2.24, 2.45) is 0 Å². The van der Waals surface area contributed by atoms with E-state index in [4.69, 9.17) is 4.74 Å². The number of benzene rings is 1. The molecular weight excluding hydrogens is 279 g/mol. The van der Waals surface area contributed by atoms with Crippen molar-refractivity contribution in [1.82, 2.24) is 5.32 Å². The van der Waals surface area contributed by atoms with Gasteiger partial charge in [-0.1, -0.05) is 12.2 Å². The minimum atomic E-state index is -0.901. The predicted molar refractivity (Wildman–Crippen MR) is 76.3 cm³/mol. The van der Waals surface area contributed by atoms with E-state index in [9.17, 15) is 19.3 Å². The molecule has 0 aliphatic heterocycles. The summed E-state index contributed by atoms with van der Waals surface area (Å²) in [5.41, 5.74) is -0.682. The number of halogens is 1. The van der Waals surface area contributed by atoms with E-state index < -0.39 is 28.1 Å². The zero-order chi connectivity index (χ0) is 16.0. The normalized spacial score (nSPS) is 11.4. The number of nitrogens with one attached hydrogen (secondary N) is 1. The molecule has 0 spiro atoms. The van der Waals surface area contributed by atoms with Crippen LogP contribution in [0.15, 0.2) is 24.3 Å². The number of alkyl carbamates (subject to hydrolysis) is 1. The number of carbonyl (C=O) groups is 1. The van der Waals surface area contributed by atoms with Crippen molar-refractivity contribution < 1.29 is 18.8 Å². The Morgan fingerprint density at radius 1 is 1.48 bits per heavy atom. The molecule has 0 atom stereocenters. The lowest BCUT2D eigenvalue weighted by atomic mass is 10.2. The molecule has 0 saturated heterocycles. The highest BCUT2D eigenvalue weighted by Crippen LogP contribution is 2.18. The molecule has 0 aliphatic carbocycles. The van der Waals surface area contributed by atoms with Crippen molar-refractivity contribution in [3.63, 3.8) is 0 Å². The molecule has 0 radical (unpaired) electrons.